The Hall–Kier alpha value is -1.52. The Morgan fingerprint density at radius 1 is 1.32 bits per heavy atom. The van der Waals surface area contributed by atoms with Gasteiger partial charge in [-0.1, -0.05) is 25.0 Å². The Morgan fingerprint density at radius 2 is 2.00 bits per heavy atom. The summed E-state index contributed by atoms with van der Waals surface area (Å²) in [6.45, 7) is 2.69. The van der Waals surface area contributed by atoms with Gasteiger partial charge in [-0.2, -0.15) is 0 Å². The number of aliphatic carboxylic acids is 1. The van der Waals surface area contributed by atoms with Crippen molar-refractivity contribution in [2.24, 2.45) is 5.92 Å². The number of carbonyl (C=O) groups excluding carboxylic acids is 1. The lowest BCUT2D eigenvalue weighted by atomic mass is 10.1. The summed E-state index contributed by atoms with van der Waals surface area (Å²) in [6.07, 6.45) is 8.47. The van der Waals surface area contributed by atoms with Gasteiger partial charge in [0, 0.05) is 12.6 Å². The lowest BCUT2D eigenvalue weighted by Gasteiger charge is -2.29. The molecule has 0 radical (unpaired) electrons. The molecule has 2 atom stereocenters. The van der Waals surface area contributed by atoms with Crippen LogP contribution in [-0.4, -0.2) is 40.6 Å². The van der Waals surface area contributed by atoms with Gasteiger partial charge in [0.1, 0.15) is 0 Å². The third-order valence-corrected chi connectivity index (χ3v) is 4.08. The largest absolute Gasteiger partial charge is 0.481 e. The summed E-state index contributed by atoms with van der Waals surface area (Å²) >= 11 is 0. The van der Waals surface area contributed by atoms with Crippen molar-refractivity contribution in [3.05, 3.63) is 12.2 Å². The minimum atomic E-state index is -0.823. The summed E-state index contributed by atoms with van der Waals surface area (Å²) < 4.78 is 0. The van der Waals surface area contributed by atoms with Crippen LogP contribution in [0.1, 0.15) is 39.0 Å². The number of amides is 2. The number of rotatable bonds is 4. The monoisotopic (exact) mass is 266 g/mol. The highest BCUT2D eigenvalue weighted by atomic mass is 16.4. The fourth-order valence-electron chi connectivity index (χ4n) is 3.01. The third-order valence-electron chi connectivity index (χ3n) is 4.08. The van der Waals surface area contributed by atoms with E-state index in [1.807, 2.05) is 11.8 Å². The Kier molecular flexibility index (Phi) is 4.45. The predicted octanol–water partition coefficient (Wildman–Crippen LogP) is 1.99. The zero-order valence-corrected chi connectivity index (χ0v) is 11.3. The van der Waals surface area contributed by atoms with Gasteiger partial charge in [0.2, 0.25) is 0 Å². The maximum atomic E-state index is 12.2. The molecule has 2 aliphatic rings. The van der Waals surface area contributed by atoms with Gasteiger partial charge in [-0.15, -0.1) is 0 Å². The molecule has 106 valence electrons. The molecule has 0 aromatic carbocycles. The maximum Gasteiger partial charge on any atom is 0.318 e. The number of hydrogen-bond acceptors (Lipinski definition) is 2. The first kappa shape index (κ1) is 13.9. The van der Waals surface area contributed by atoms with Gasteiger partial charge in [-0.25, -0.2) is 4.79 Å². The summed E-state index contributed by atoms with van der Waals surface area (Å²) in [5.41, 5.74) is 0. The van der Waals surface area contributed by atoms with Crippen LogP contribution in [0.15, 0.2) is 12.2 Å². The third kappa shape index (κ3) is 3.28. The molecule has 0 saturated heterocycles. The van der Waals surface area contributed by atoms with Crippen LogP contribution in [0.3, 0.4) is 0 Å². The second kappa shape index (κ2) is 6.08. The zero-order chi connectivity index (χ0) is 13.8. The molecule has 0 aliphatic heterocycles. The molecule has 2 N–H and O–H groups in total. The van der Waals surface area contributed by atoms with Gasteiger partial charge in [0.15, 0.2) is 0 Å². The molecular formula is C14H22N2O3. The van der Waals surface area contributed by atoms with Crippen LogP contribution in [-0.2, 0) is 4.79 Å². The molecule has 1 saturated carbocycles. The normalized spacial score (nSPS) is 26.6. The molecule has 0 spiro atoms. The Morgan fingerprint density at radius 3 is 2.53 bits per heavy atom. The van der Waals surface area contributed by atoms with E-state index in [2.05, 4.69) is 5.32 Å². The summed E-state index contributed by atoms with van der Waals surface area (Å²) in [7, 11) is 0. The first-order valence-corrected chi connectivity index (χ1v) is 7.10. The van der Waals surface area contributed by atoms with E-state index in [1.54, 1.807) is 12.2 Å². The second-order valence-electron chi connectivity index (χ2n) is 5.35. The Balaban J connectivity index is 1.86. The summed E-state index contributed by atoms with van der Waals surface area (Å²) in [4.78, 5) is 25.0. The molecule has 2 rings (SSSR count). The smallest absolute Gasteiger partial charge is 0.318 e. The average Bonchev–Trinajstić information content (AvgIpc) is 3.01. The fourth-order valence-corrected chi connectivity index (χ4v) is 3.01. The van der Waals surface area contributed by atoms with Crippen molar-refractivity contribution in [2.75, 3.05) is 6.54 Å². The average molecular weight is 266 g/mol. The summed E-state index contributed by atoms with van der Waals surface area (Å²) in [5, 5.41) is 11.8. The van der Waals surface area contributed by atoms with E-state index in [1.165, 1.54) is 12.8 Å². The molecule has 2 unspecified atom stereocenters. The van der Waals surface area contributed by atoms with Crippen LogP contribution in [0.2, 0.25) is 0 Å². The van der Waals surface area contributed by atoms with Gasteiger partial charge in [-0.05, 0) is 26.2 Å². The molecule has 19 heavy (non-hydrogen) atoms. The molecule has 0 aromatic heterocycles. The lowest BCUT2D eigenvalue weighted by Crippen LogP contribution is -2.48. The second-order valence-corrected chi connectivity index (χ2v) is 5.35. The van der Waals surface area contributed by atoms with Crippen LogP contribution in [0.4, 0.5) is 4.79 Å². The number of carboxylic acids is 1. The summed E-state index contributed by atoms with van der Waals surface area (Å²) in [5.74, 6) is -1.29. The van der Waals surface area contributed by atoms with Crippen LogP contribution in [0.25, 0.3) is 0 Å². The molecule has 1 fully saturated rings. The molecule has 5 heteroatoms. The van der Waals surface area contributed by atoms with Crippen molar-refractivity contribution >= 4 is 12.0 Å². The van der Waals surface area contributed by atoms with E-state index >= 15 is 0 Å². The van der Waals surface area contributed by atoms with Crippen LogP contribution in [0, 0.1) is 5.92 Å². The molecule has 0 aromatic rings. The number of carboxylic acid groups (broad SMARTS) is 1. The van der Waals surface area contributed by atoms with Crippen molar-refractivity contribution in [1.82, 2.24) is 10.2 Å². The molecule has 5 nitrogen and oxygen atoms in total. The van der Waals surface area contributed by atoms with E-state index in [4.69, 9.17) is 5.11 Å². The molecular weight excluding hydrogens is 244 g/mol. The van der Waals surface area contributed by atoms with Crippen molar-refractivity contribution in [1.29, 1.82) is 0 Å². The summed E-state index contributed by atoms with van der Waals surface area (Å²) in [6, 6.07) is 0.143. The van der Waals surface area contributed by atoms with E-state index in [0.29, 0.717) is 19.0 Å². The quantitative estimate of drug-likeness (QED) is 0.764. The number of nitrogens with one attached hydrogen (secondary N) is 1. The zero-order valence-electron chi connectivity index (χ0n) is 11.3. The van der Waals surface area contributed by atoms with Crippen molar-refractivity contribution in [2.45, 2.75) is 51.1 Å². The van der Waals surface area contributed by atoms with Crippen LogP contribution < -0.4 is 5.32 Å². The highest BCUT2D eigenvalue weighted by molar-refractivity contribution is 5.76. The molecule has 0 heterocycles. The minimum Gasteiger partial charge on any atom is -0.481 e. The van der Waals surface area contributed by atoms with E-state index in [9.17, 15) is 9.59 Å². The van der Waals surface area contributed by atoms with Crippen molar-refractivity contribution < 1.29 is 14.7 Å². The topological polar surface area (TPSA) is 69.6 Å². The molecule has 2 amide bonds. The highest BCUT2D eigenvalue weighted by Gasteiger charge is 2.29. The van der Waals surface area contributed by atoms with Gasteiger partial charge >= 0.3 is 12.0 Å². The van der Waals surface area contributed by atoms with Crippen molar-refractivity contribution in [3.63, 3.8) is 0 Å². The maximum absolute atomic E-state index is 12.2. The van der Waals surface area contributed by atoms with Crippen LogP contribution in [0.5, 0.6) is 0 Å². The lowest BCUT2D eigenvalue weighted by molar-refractivity contribution is -0.140. The predicted molar refractivity (Wildman–Crippen MR) is 71.8 cm³/mol. The number of urea groups is 1. The Bertz CT molecular complexity index is 375. The Labute approximate surface area is 113 Å². The standard InChI is InChI=1S/C14H22N2O3/c1-2-16(12-5-3-4-6-12)14(19)15-11-8-7-10(9-11)13(17)18/h7-8,10-12H,2-6,9H2,1H3,(H,15,19)(H,17,18). The van der Waals surface area contributed by atoms with Gasteiger partial charge in [0.05, 0.1) is 12.0 Å². The fraction of sp³-hybridized carbons (Fsp3) is 0.714. The SMILES string of the molecule is CCN(C(=O)NC1C=CC(C(=O)O)C1)C1CCCC1. The van der Waals surface area contributed by atoms with Crippen molar-refractivity contribution in [3.8, 4) is 0 Å². The van der Waals surface area contributed by atoms with Gasteiger partial charge in [0.25, 0.3) is 0 Å². The first-order valence-electron chi connectivity index (χ1n) is 7.10. The van der Waals surface area contributed by atoms with Gasteiger partial charge < -0.3 is 15.3 Å². The van der Waals surface area contributed by atoms with Crippen LogP contribution >= 0.6 is 0 Å². The van der Waals surface area contributed by atoms with Gasteiger partial charge in [-0.3, -0.25) is 4.79 Å². The number of hydrogen-bond donors (Lipinski definition) is 2. The molecule has 2 aliphatic carbocycles. The van der Waals surface area contributed by atoms with E-state index in [-0.39, 0.29) is 12.1 Å². The number of nitrogens with zero attached hydrogens (tertiary/aromatic N) is 1. The first-order chi connectivity index (χ1) is 9.11. The highest BCUT2D eigenvalue weighted by Crippen LogP contribution is 2.24. The number of carbonyl (C=O) groups is 2. The van der Waals surface area contributed by atoms with E-state index < -0.39 is 11.9 Å². The molecule has 0 bridgehead atoms. The van der Waals surface area contributed by atoms with E-state index in [0.717, 1.165) is 12.8 Å². The minimum absolute atomic E-state index is 0.0601.